The van der Waals surface area contributed by atoms with Gasteiger partial charge in [-0.1, -0.05) is 0 Å². The topological polar surface area (TPSA) is 72.7 Å². The molecule has 2 aromatic rings. The number of methoxy groups -OCH3 is 1. The molecule has 2 N–H and O–H groups in total. The standard InChI is InChI=1S/C16H21F2N5O2/c1-19-16(21-10-12-6-7-22-23(12)2)20-9-11-8-13(24-3)4-5-14(11)25-15(17)18/h4-8,15H,9-10H2,1-3H3,(H2,19,20,21). The van der Waals surface area contributed by atoms with Crippen molar-refractivity contribution in [2.75, 3.05) is 14.2 Å². The molecule has 0 atom stereocenters. The van der Waals surface area contributed by atoms with Gasteiger partial charge in [-0.2, -0.15) is 13.9 Å². The molecule has 0 aliphatic heterocycles. The fourth-order valence-corrected chi connectivity index (χ4v) is 2.18. The van der Waals surface area contributed by atoms with Crippen LogP contribution in [0.3, 0.4) is 0 Å². The monoisotopic (exact) mass is 353 g/mol. The Hall–Kier alpha value is -2.84. The van der Waals surface area contributed by atoms with E-state index >= 15 is 0 Å². The number of aromatic nitrogens is 2. The van der Waals surface area contributed by atoms with E-state index in [2.05, 4.69) is 25.5 Å². The van der Waals surface area contributed by atoms with Gasteiger partial charge in [-0.25, -0.2) is 0 Å². The summed E-state index contributed by atoms with van der Waals surface area (Å²) in [6.07, 6.45) is 1.71. The number of alkyl halides is 2. The Bertz CT molecular complexity index is 718. The molecule has 9 heteroatoms. The van der Waals surface area contributed by atoms with Gasteiger partial charge >= 0.3 is 6.61 Å². The van der Waals surface area contributed by atoms with Gasteiger partial charge < -0.3 is 20.1 Å². The van der Waals surface area contributed by atoms with Gasteiger partial charge in [0.15, 0.2) is 5.96 Å². The van der Waals surface area contributed by atoms with Crippen molar-refractivity contribution in [3.05, 3.63) is 41.7 Å². The van der Waals surface area contributed by atoms with Crippen LogP contribution in [0.5, 0.6) is 11.5 Å². The van der Waals surface area contributed by atoms with E-state index in [1.165, 1.54) is 13.2 Å². The quantitative estimate of drug-likeness (QED) is 0.588. The minimum atomic E-state index is -2.89. The lowest BCUT2D eigenvalue weighted by Gasteiger charge is -2.15. The van der Waals surface area contributed by atoms with Crippen LogP contribution in [0.4, 0.5) is 8.78 Å². The number of aryl methyl sites for hydroxylation is 1. The molecule has 0 saturated heterocycles. The Labute approximate surface area is 144 Å². The van der Waals surface area contributed by atoms with E-state index in [0.29, 0.717) is 23.8 Å². The molecular formula is C16H21F2N5O2. The summed E-state index contributed by atoms with van der Waals surface area (Å²) in [7, 11) is 4.98. The maximum atomic E-state index is 12.5. The summed E-state index contributed by atoms with van der Waals surface area (Å²) in [6, 6.07) is 6.54. The first kappa shape index (κ1) is 18.5. The van der Waals surface area contributed by atoms with Crippen molar-refractivity contribution >= 4 is 5.96 Å². The Morgan fingerprint density at radius 1 is 1.28 bits per heavy atom. The molecule has 0 fully saturated rings. The average Bonchev–Trinajstić information content (AvgIpc) is 3.00. The molecule has 1 aromatic heterocycles. The zero-order valence-electron chi connectivity index (χ0n) is 14.3. The second-order valence-corrected chi connectivity index (χ2v) is 5.08. The lowest BCUT2D eigenvalue weighted by atomic mass is 10.2. The molecule has 0 unspecified atom stereocenters. The summed E-state index contributed by atoms with van der Waals surface area (Å²) in [5.41, 5.74) is 1.51. The zero-order valence-corrected chi connectivity index (χ0v) is 14.3. The molecule has 0 saturated carbocycles. The third-order valence-corrected chi connectivity index (χ3v) is 3.51. The van der Waals surface area contributed by atoms with Crippen molar-refractivity contribution in [1.29, 1.82) is 0 Å². The molecule has 0 amide bonds. The lowest BCUT2D eigenvalue weighted by Crippen LogP contribution is -2.36. The van der Waals surface area contributed by atoms with Gasteiger partial charge in [0.1, 0.15) is 11.5 Å². The molecular weight excluding hydrogens is 332 g/mol. The summed E-state index contributed by atoms with van der Waals surface area (Å²) in [6.45, 7) is -2.13. The number of guanidine groups is 1. The highest BCUT2D eigenvalue weighted by molar-refractivity contribution is 5.79. The van der Waals surface area contributed by atoms with Crippen LogP contribution in [0.15, 0.2) is 35.5 Å². The number of benzene rings is 1. The number of ether oxygens (including phenoxy) is 2. The summed E-state index contributed by atoms with van der Waals surface area (Å²) in [4.78, 5) is 4.11. The normalized spacial score (nSPS) is 11.5. The van der Waals surface area contributed by atoms with Gasteiger partial charge in [0.05, 0.1) is 19.3 Å². The first-order valence-electron chi connectivity index (χ1n) is 7.56. The molecule has 0 radical (unpaired) electrons. The number of nitrogens with one attached hydrogen (secondary N) is 2. The van der Waals surface area contributed by atoms with Gasteiger partial charge in [0.25, 0.3) is 0 Å². The van der Waals surface area contributed by atoms with Gasteiger partial charge in [-0.3, -0.25) is 9.67 Å². The van der Waals surface area contributed by atoms with E-state index in [4.69, 9.17) is 4.74 Å². The number of hydrogen-bond donors (Lipinski definition) is 2. The van der Waals surface area contributed by atoms with Crippen LogP contribution in [-0.4, -0.2) is 36.5 Å². The first-order valence-corrected chi connectivity index (χ1v) is 7.56. The predicted octanol–water partition coefficient (Wildman–Crippen LogP) is 1.90. The van der Waals surface area contributed by atoms with E-state index < -0.39 is 6.61 Å². The van der Waals surface area contributed by atoms with Gasteiger partial charge in [0, 0.05) is 32.4 Å². The summed E-state index contributed by atoms with van der Waals surface area (Å²) in [5.74, 6) is 1.16. The molecule has 0 aliphatic carbocycles. The predicted molar refractivity (Wildman–Crippen MR) is 89.9 cm³/mol. The van der Waals surface area contributed by atoms with Gasteiger partial charge in [-0.15, -0.1) is 0 Å². The Kier molecular flexibility index (Phi) is 6.55. The lowest BCUT2D eigenvalue weighted by molar-refractivity contribution is -0.0504. The van der Waals surface area contributed by atoms with Crippen molar-refractivity contribution < 1.29 is 18.3 Å². The van der Waals surface area contributed by atoms with Crippen molar-refractivity contribution in [3.63, 3.8) is 0 Å². The molecule has 1 aromatic carbocycles. The van der Waals surface area contributed by atoms with Crippen LogP contribution in [0, 0.1) is 0 Å². The number of nitrogens with zero attached hydrogens (tertiary/aromatic N) is 3. The number of hydrogen-bond acceptors (Lipinski definition) is 4. The average molecular weight is 353 g/mol. The molecule has 136 valence electrons. The van der Waals surface area contributed by atoms with Gasteiger partial charge in [0.2, 0.25) is 0 Å². The molecule has 2 rings (SSSR count). The van der Waals surface area contributed by atoms with E-state index in [-0.39, 0.29) is 12.3 Å². The number of aliphatic imine (C=N–C) groups is 1. The first-order chi connectivity index (χ1) is 12.0. The van der Waals surface area contributed by atoms with Crippen LogP contribution in [0.2, 0.25) is 0 Å². The number of halogens is 2. The highest BCUT2D eigenvalue weighted by atomic mass is 19.3. The van der Waals surface area contributed by atoms with Crippen molar-refractivity contribution in [2.45, 2.75) is 19.7 Å². The summed E-state index contributed by atoms with van der Waals surface area (Å²) >= 11 is 0. The molecule has 0 spiro atoms. The van der Waals surface area contributed by atoms with Crippen molar-refractivity contribution in [2.24, 2.45) is 12.0 Å². The van der Waals surface area contributed by atoms with Crippen LogP contribution in [0.1, 0.15) is 11.3 Å². The highest BCUT2D eigenvalue weighted by Gasteiger charge is 2.11. The fourth-order valence-electron chi connectivity index (χ4n) is 2.18. The van der Waals surface area contributed by atoms with Crippen LogP contribution >= 0.6 is 0 Å². The Morgan fingerprint density at radius 2 is 2.04 bits per heavy atom. The van der Waals surface area contributed by atoms with Crippen LogP contribution < -0.4 is 20.1 Å². The van der Waals surface area contributed by atoms with Crippen molar-refractivity contribution in [3.8, 4) is 11.5 Å². The van der Waals surface area contributed by atoms with E-state index in [1.54, 1.807) is 30.1 Å². The van der Waals surface area contributed by atoms with E-state index in [0.717, 1.165) is 5.69 Å². The maximum absolute atomic E-state index is 12.5. The van der Waals surface area contributed by atoms with E-state index in [9.17, 15) is 8.78 Å². The largest absolute Gasteiger partial charge is 0.497 e. The highest BCUT2D eigenvalue weighted by Crippen LogP contribution is 2.25. The molecule has 25 heavy (non-hydrogen) atoms. The third kappa shape index (κ3) is 5.33. The molecule has 1 heterocycles. The summed E-state index contributed by atoms with van der Waals surface area (Å²) in [5, 5.41) is 10.3. The zero-order chi connectivity index (χ0) is 18.2. The molecule has 7 nitrogen and oxygen atoms in total. The van der Waals surface area contributed by atoms with E-state index in [1.807, 2.05) is 13.1 Å². The molecule has 0 aliphatic rings. The third-order valence-electron chi connectivity index (χ3n) is 3.51. The van der Waals surface area contributed by atoms with Crippen LogP contribution in [0.25, 0.3) is 0 Å². The Balaban J connectivity index is 2.01. The van der Waals surface area contributed by atoms with Gasteiger partial charge in [-0.05, 0) is 24.3 Å². The molecule has 0 bridgehead atoms. The van der Waals surface area contributed by atoms with Crippen molar-refractivity contribution in [1.82, 2.24) is 20.4 Å². The minimum Gasteiger partial charge on any atom is -0.497 e. The second kappa shape index (κ2) is 8.86. The number of rotatable bonds is 7. The SMILES string of the molecule is CN=C(NCc1cc(OC)ccc1OC(F)F)NCc1ccnn1C. The minimum absolute atomic E-state index is 0.0883. The Morgan fingerprint density at radius 3 is 2.64 bits per heavy atom. The fraction of sp³-hybridized carbons (Fsp3) is 0.375. The smallest absolute Gasteiger partial charge is 0.387 e. The maximum Gasteiger partial charge on any atom is 0.387 e. The van der Waals surface area contributed by atoms with Crippen LogP contribution in [-0.2, 0) is 20.1 Å². The second-order valence-electron chi connectivity index (χ2n) is 5.08. The summed E-state index contributed by atoms with van der Waals surface area (Å²) < 4.78 is 36.5.